The van der Waals surface area contributed by atoms with E-state index < -0.39 is 10.0 Å². The highest BCUT2D eigenvalue weighted by Crippen LogP contribution is 2.25. The van der Waals surface area contributed by atoms with Gasteiger partial charge >= 0.3 is 0 Å². The summed E-state index contributed by atoms with van der Waals surface area (Å²) in [6.07, 6.45) is 3.17. The van der Waals surface area contributed by atoms with Crippen molar-refractivity contribution in [1.29, 1.82) is 0 Å². The Morgan fingerprint density at radius 3 is 2.83 bits per heavy atom. The number of nitrogens with zero attached hydrogens (tertiary/aromatic N) is 1. The second-order valence-corrected chi connectivity index (χ2v) is 6.49. The van der Waals surface area contributed by atoms with Gasteiger partial charge in [0.15, 0.2) is 0 Å². The van der Waals surface area contributed by atoms with Crippen LogP contribution in [0.15, 0.2) is 40.0 Å². The van der Waals surface area contributed by atoms with E-state index in [0.717, 1.165) is 4.47 Å². The van der Waals surface area contributed by atoms with E-state index in [-0.39, 0.29) is 16.5 Å². The predicted octanol–water partition coefficient (Wildman–Crippen LogP) is 2.30. The smallest absolute Gasteiger partial charge is 0.242 e. The fourth-order valence-electron chi connectivity index (χ4n) is 1.33. The van der Waals surface area contributed by atoms with Gasteiger partial charge in [-0.1, -0.05) is 27.5 Å². The monoisotopic (exact) mass is 349 g/mol. The van der Waals surface area contributed by atoms with Crippen LogP contribution in [-0.4, -0.2) is 18.4 Å². The normalized spacial score (nSPS) is 11.7. The molecule has 0 saturated heterocycles. The predicted molar refractivity (Wildman–Crippen MR) is 71.8 cm³/mol. The summed E-state index contributed by atoms with van der Waals surface area (Å²) in [4.78, 5) is 6.77. The molecule has 2 aromatic rings. The second kappa shape index (κ2) is 5.40. The summed E-state index contributed by atoms with van der Waals surface area (Å²) < 4.78 is 27.2. The van der Waals surface area contributed by atoms with Crippen LogP contribution in [0, 0.1) is 0 Å². The molecule has 0 aliphatic rings. The molecule has 0 aliphatic heterocycles. The van der Waals surface area contributed by atoms with Crippen LogP contribution in [0.3, 0.4) is 0 Å². The summed E-state index contributed by atoms with van der Waals surface area (Å²) in [5, 5.41) is 0.163. The van der Waals surface area contributed by atoms with E-state index in [2.05, 4.69) is 30.6 Å². The van der Waals surface area contributed by atoms with Gasteiger partial charge in [0, 0.05) is 16.9 Å². The van der Waals surface area contributed by atoms with Crippen molar-refractivity contribution in [3.63, 3.8) is 0 Å². The molecule has 0 unspecified atom stereocenters. The number of hydrogen-bond acceptors (Lipinski definition) is 3. The highest BCUT2D eigenvalue weighted by molar-refractivity contribution is 9.10. The van der Waals surface area contributed by atoms with Gasteiger partial charge in [0.1, 0.15) is 10.7 Å². The molecule has 18 heavy (non-hydrogen) atoms. The van der Waals surface area contributed by atoms with Crippen LogP contribution in [0.2, 0.25) is 5.02 Å². The zero-order valence-corrected chi connectivity index (χ0v) is 12.2. The van der Waals surface area contributed by atoms with Gasteiger partial charge in [-0.25, -0.2) is 18.1 Å². The molecule has 0 amide bonds. The molecular weight excluding hydrogens is 342 g/mol. The standard InChI is InChI=1S/C10H9BrClN3O2S/c11-7-1-2-9(8(12)5-7)18(16,17)15-6-10-13-3-4-14-10/h1-5,15H,6H2,(H,13,14). The number of imidazole rings is 1. The molecule has 1 aromatic heterocycles. The molecule has 0 radical (unpaired) electrons. The number of nitrogens with one attached hydrogen (secondary N) is 2. The molecule has 0 saturated carbocycles. The van der Waals surface area contributed by atoms with Crippen LogP contribution in [0.4, 0.5) is 0 Å². The van der Waals surface area contributed by atoms with E-state index in [4.69, 9.17) is 11.6 Å². The van der Waals surface area contributed by atoms with Gasteiger partial charge < -0.3 is 4.98 Å². The zero-order valence-electron chi connectivity index (χ0n) is 9.02. The average Bonchev–Trinajstić information content (AvgIpc) is 2.78. The topological polar surface area (TPSA) is 74.8 Å². The van der Waals surface area contributed by atoms with Crippen LogP contribution >= 0.6 is 27.5 Å². The molecule has 0 bridgehead atoms. The maximum absolute atomic E-state index is 12.0. The van der Waals surface area contributed by atoms with E-state index in [0.29, 0.717) is 5.82 Å². The number of benzene rings is 1. The lowest BCUT2D eigenvalue weighted by molar-refractivity contribution is 0.579. The molecule has 0 fully saturated rings. The molecule has 96 valence electrons. The van der Waals surface area contributed by atoms with Crippen LogP contribution < -0.4 is 4.72 Å². The van der Waals surface area contributed by atoms with E-state index in [1.54, 1.807) is 18.5 Å². The zero-order chi connectivity index (χ0) is 13.2. The van der Waals surface area contributed by atoms with Gasteiger partial charge in [0.05, 0.1) is 11.6 Å². The Morgan fingerprint density at radius 1 is 1.44 bits per heavy atom. The average molecular weight is 351 g/mol. The Kier molecular flexibility index (Phi) is 4.06. The minimum atomic E-state index is -3.65. The van der Waals surface area contributed by atoms with Gasteiger partial charge in [-0.3, -0.25) is 0 Å². The van der Waals surface area contributed by atoms with Crippen molar-refractivity contribution in [3.8, 4) is 0 Å². The number of aromatic amines is 1. The molecule has 2 rings (SSSR count). The number of sulfonamides is 1. The first-order chi connectivity index (χ1) is 8.49. The molecule has 1 heterocycles. The quantitative estimate of drug-likeness (QED) is 0.888. The molecule has 0 aliphatic carbocycles. The first-order valence-electron chi connectivity index (χ1n) is 4.92. The molecule has 8 heteroatoms. The van der Waals surface area contributed by atoms with Crippen molar-refractivity contribution >= 4 is 37.6 Å². The number of rotatable bonds is 4. The van der Waals surface area contributed by atoms with Crippen molar-refractivity contribution in [2.24, 2.45) is 0 Å². The minimum absolute atomic E-state index is 0.0407. The lowest BCUT2D eigenvalue weighted by Crippen LogP contribution is -2.24. The van der Waals surface area contributed by atoms with Crippen LogP contribution in [0.1, 0.15) is 5.82 Å². The van der Waals surface area contributed by atoms with Crippen molar-refractivity contribution in [2.45, 2.75) is 11.4 Å². The van der Waals surface area contributed by atoms with Crippen molar-refractivity contribution in [1.82, 2.24) is 14.7 Å². The van der Waals surface area contributed by atoms with Crippen LogP contribution in [-0.2, 0) is 16.6 Å². The minimum Gasteiger partial charge on any atom is -0.347 e. The second-order valence-electron chi connectivity index (χ2n) is 3.44. The fraction of sp³-hybridized carbons (Fsp3) is 0.100. The molecule has 0 atom stereocenters. The first-order valence-corrected chi connectivity index (χ1v) is 7.57. The maximum Gasteiger partial charge on any atom is 0.242 e. The molecule has 2 N–H and O–H groups in total. The summed E-state index contributed by atoms with van der Waals surface area (Å²) in [5.41, 5.74) is 0. The molecule has 5 nitrogen and oxygen atoms in total. The third-order valence-electron chi connectivity index (χ3n) is 2.17. The van der Waals surface area contributed by atoms with Gasteiger partial charge in [-0.15, -0.1) is 0 Å². The van der Waals surface area contributed by atoms with Crippen molar-refractivity contribution < 1.29 is 8.42 Å². The molecular formula is C10H9BrClN3O2S. The highest BCUT2D eigenvalue weighted by Gasteiger charge is 2.17. The van der Waals surface area contributed by atoms with E-state index in [9.17, 15) is 8.42 Å². The summed E-state index contributed by atoms with van der Waals surface area (Å²) in [6.45, 7) is 0.0850. The van der Waals surface area contributed by atoms with Gasteiger partial charge in [0.25, 0.3) is 0 Å². The van der Waals surface area contributed by atoms with Crippen molar-refractivity contribution in [3.05, 3.63) is 45.9 Å². The van der Waals surface area contributed by atoms with E-state index >= 15 is 0 Å². The summed E-state index contributed by atoms with van der Waals surface area (Å²) in [7, 11) is -3.65. The Hall–Kier alpha value is -0.890. The largest absolute Gasteiger partial charge is 0.347 e. The Labute approximate surface area is 118 Å². The van der Waals surface area contributed by atoms with E-state index in [1.807, 2.05) is 0 Å². The first kappa shape index (κ1) is 13.5. The SMILES string of the molecule is O=S(=O)(NCc1ncc[nH]1)c1ccc(Br)cc1Cl. The summed E-state index contributed by atoms with van der Waals surface area (Å²) in [5.74, 6) is 0.534. The summed E-state index contributed by atoms with van der Waals surface area (Å²) in [6, 6.07) is 4.59. The highest BCUT2D eigenvalue weighted by atomic mass is 79.9. The number of hydrogen-bond donors (Lipinski definition) is 2. The fourth-order valence-corrected chi connectivity index (χ4v) is 3.35. The molecule has 0 spiro atoms. The van der Waals surface area contributed by atoms with Gasteiger partial charge in [-0.05, 0) is 18.2 Å². The third-order valence-corrected chi connectivity index (χ3v) is 4.55. The van der Waals surface area contributed by atoms with Crippen molar-refractivity contribution in [2.75, 3.05) is 0 Å². The van der Waals surface area contributed by atoms with Gasteiger partial charge in [0.2, 0.25) is 10.0 Å². The number of H-pyrrole nitrogens is 1. The Balaban J connectivity index is 2.20. The van der Waals surface area contributed by atoms with Crippen LogP contribution in [0.5, 0.6) is 0 Å². The number of halogens is 2. The Bertz CT molecular complexity index is 643. The Morgan fingerprint density at radius 2 is 2.22 bits per heavy atom. The third kappa shape index (κ3) is 3.11. The lowest BCUT2D eigenvalue weighted by Gasteiger charge is -2.07. The summed E-state index contributed by atoms with van der Waals surface area (Å²) >= 11 is 9.12. The van der Waals surface area contributed by atoms with Crippen LogP contribution in [0.25, 0.3) is 0 Å². The lowest BCUT2D eigenvalue weighted by atomic mass is 10.4. The number of aromatic nitrogens is 2. The maximum atomic E-state index is 12.0. The van der Waals surface area contributed by atoms with E-state index in [1.165, 1.54) is 12.1 Å². The molecule has 1 aromatic carbocycles. The van der Waals surface area contributed by atoms with Gasteiger partial charge in [-0.2, -0.15) is 0 Å².